The first-order chi connectivity index (χ1) is 15.9. The van der Waals surface area contributed by atoms with Crippen LogP contribution < -0.4 is 10.9 Å². The number of hydrogen-bond acceptors (Lipinski definition) is 7. The fourth-order valence-electron chi connectivity index (χ4n) is 4.02. The second kappa shape index (κ2) is 10.5. The molecule has 0 spiro atoms. The summed E-state index contributed by atoms with van der Waals surface area (Å²) in [5.74, 6) is 1.24. The number of H-pyrrole nitrogens is 1. The lowest BCUT2D eigenvalue weighted by Crippen LogP contribution is -2.30. The van der Waals surface area contributed by atoms with E-state index < -0.39 is 6.04 Å². The van der Waals surface area contributed by atoms with Gasteiger partial charge in [-0.25, -0.2) is 4.98 Å². The number of rotatable bonds is 9. The van der Waals surface area contributed by atoms with Crippen LogP contribution in [0.5, 0.6) is 0 Å². The highest BCUT2D eigenvalue weighted by molar-refractivity contribution is 7.98. The van der Waals surface area contributed by atoms with Crippen molar-refractivity contribution in [3.8, 4) is 0 Å². The van der Waals surface area contributed by atoms with E-state index in [1.165, 1.54) is 17.6 Å². The first kappa shape index (κ1) is 23.5. The van der Waals surface area contributed by atoms with Crippen LogP contribution in [-0.4, -0.2) is 34.7 Å². The van der Waals surface area contributed by atoms with Gasteiger partial charge >= 0.3 is 5.97 Å². The number of esters is 1. The first-order valence-corrected chi connectivity index (χ1v) is 13.0. The van der Waals surface area contributed by atoms with Crippen LogP contribution >= 0.6 is 23.1 Å². The zero-order valence-electron chi connectivity index (χ0n) is 18.7. The minimum Gasteiger partial charge on any atom is -0.469 e. The molecular formula is C24H27N3O4S2. The molecule has 0 aliphatic heterocycles. The Labute approximate surface area is 200 Å². The van der Waals surface area contributed by atoms with Crippen LogP contribution in [0.25, 0.3) is 10.2 Å². The van der Waals surface area contributed by atoms with Crippen molar-refractivity contribution >= 4 is 45.2 Å². The van der Waals surface area contributed by atoms with Crippen molar-refractivity contribution in [3.05, 3.63) is 62.0 Å². The average molecular weight is 486 g/mol. The number of benzene rings is 1. The number of nitrogens with one attached hydrogen (secondary N) is 2. The molecule has 2 N–H and O–H groups in total. The minimum absolute atomic E-state index is 0.0588. The van der Waals surface area contributed by atoms with Gasteiger partial charge in [0.1, 0.15) is 10.7 Å². The number of methoxy groups -OCH3 is 1. The minimum atomic E-state index is -0.434. The number of aromatic amines is 1. The van der Waals surface area contributed by atoms with Crippen molar-refractivity contribution < 1.29 is 14.3 Å². The van der Waals surface area contributed by atoms with Crippen molar-refractivity contribution in [1.29, 1.82) is 0 Å². The zero-order chi connectivity index (χ0) is 23.4. The summed E-state index contributed by atoms with van der Waals surface area (Å²) < 4.78 is 4.79. The topological polar surface area (TPSA) is 101 Å². The van der Waals surface area contributed by atoms with Crippen molar-refractivity contribution in [2.75, 3.05) is 12.9 Å². The third-order valence-corrected chi connectivity index (χ3v) is 7.91. The molecule has 174 valence electrons. The van der Waals surface area contributed by atoms with Crippen molar-refractivity contribution in [3.63, 3.8) is 0 Å². The number of thiophene rings is 1. The van der Waals surface area contributed by atoms with Gasteiger partial charge in [-0.05, 0) is 37.3 Å². The largest absolute Gasteiger partial charge is 0.469 e. The number of ether oxygens (including phenoxy) is 1. The van der Waals surface area contributed by atoms with Gasteiger partial charge in [0.05, 0.1) is 30.7 Å². The fraction of sp³-hybridized carbons (Fsp3) is 0.417. The quantitative estimate of drug-likeness (QED) is 0.353. The van der Waals surface area contributed by atoms with Gasteiger partial charge in [0, 0.05) is 17.1 Å². The second-order valence-electron chi connectivity index (χ2n) is 8.16. The Morgan fingerprint density at radius 1 is 1.27 bits per heavy atom. The molecule has 2 heterocycles. The van der Waals surface area contributed by atoms with E-state index >= 15 is 0 Å². The molecule has 1 amide bonds. The third-order valence-electron chi connectivity index (χ3n) is 5.75. The van der Waals surface area contributed by atoms with Gasteiger partial charge in [-0.2, -0.15) is 11.8 Å². The molecule has 1 atom stereocenters. The Morgan fingerprint density at radius 2 is 2.06 bits per heavy atom. The number of amides is 1. The summed E-state index contributed by atoms with van der Waals surface area (Å²) in [6, 6.07) is 7.30. The van der Waals surface area contributed by atoms with Crippen molar-refractivity contribution in [1.82, 2.24) is 15.3 Å². The SMILES string of the molecule is COC(=O)CC(NC(=O)CCSCc1nc2sc3c(c2c(=O)[nH]1)CCC3)c1ccc(C)cc1. The Balaban J connectivity index is 1.31. The van der Waals surface area contributed by atoms with E-state index in [0.29, 0.717) is 23.8 Å². The van der Waals surface area contributed by atoms with Crippen LogP contribution in [0, 0.1) is 6.92 Å². The maximum Gasteiger partial charge on any atom is 0.307 e. The zero-order valence-corrected chi connectivity index (χ0v) is 20.4. The predicted molar refractivity (Wildman–Crippen MR) is 132 cm³/mol. The molecule has 1 aliphatic carbocycles. The molecule has 0 bridgehead atoms. The summed E-state index contributed by atoms with van der Waals surface area (Å²) in [6.07, 6.45) is 3.49. The van der Waals surface area contributed by atoms with E-state index in [0.717, 1.165) is 40.6 Å². The molecular weight excluding hydrogens is 458 g/mol. The standard InChI is InChI=1S/C24H27N3O4S2/c1-14-6-8-15(9-7-14)17(12-21(29)31-2)25-20(28)10-11-32-13-19-26-23(30)22-16-4-3-5-18(16)33-24(22)27-19/h6-9,17H,3-5,10-13H2,1-2H3,(H,25,28)(H,26,27,30). The number of carbonyl (C=O) groups excluding carboxylic acids is 2. The summed E-state index contributed by atoms with van der Waals surface area (Å²) in [6.45, 7) is 1.99. The first-order valence-electron chi connectivity index (χ1n) is 11.0. The number of aromatic nitrogens is 2. The highest BCUT2D eigenvalue weighted by atomic mass is 32.2. The number of nitrogens with zero attached hydrogens (tertiary/aromatic N) is 1. The number of aryl methyl sites for hydroxylation is 3. The van der Waals surface area contributed by atoms with Crippen LogP contribution in [0.2, 0.25) is 0 Å². The van der Waals surface area contributed by atoms with Crippen molar-refractivity contribution in [2.24, 2.45) is 0 Å². The third kappa shape index (κ3) is 5.65. The van der Waals surface area contributed by atoms with Gasteiger partial charge in [-0.3, -0.25) is 14.4 Å². The fourth-order valence-corrected chi connectivity index (χ4v) is 6.10. The molecule has 0 saturated carbocycles. The highest BCUT2D eigenvalue weighted by Crippen LogP contribution is 2.34. The van der Waals surface area contributed by atoms with Gasteiger partial charge in [-0.15, -0.1) is 11.3 Å². The normalized spacial score (nSPS) is 13.6. The molecule has 2 aromatic heterocycles. The van der Waals surface area contributed by atoms with Gasteiger partial charge in [0.15, 0.2) is 0 Å². The maximum absolute atomic E-state index is 12.6. The van der Waals surface area contributed by atoms with E-state index in [4.69, 9.17) is 4.74 Å². The molecule has 3 aromatic rings. The lowest BCUT2D eigenvalue weighted by atomic mass is 10.0. The van der Waals surface area contributed by atoms with Crippen LogP contribution in [-0.2, 0) is 32.9 Å². The molecule has 9 heteroatoms. The van der Waals surface area contributed by atoms with E-state index in [1.807, 2.05) is 31.2 Å². The Hall–Kier alpha value is -2.65. The van der Waals surface area contributed by atoms with E-state index in [2.05, 4.69) is 15.3 Å². The van der Waals surface area contributed by atoms with Crippen LogP contribution in [0.4, 0.5) is 0 Å². The number of hydrogen-bond donors (Lipinski definition) is 2. The van der Waals surface area contributed by atoms with Gasteiger partial charge in [0.2, 0.25) is 5.91 Å². The van der Waals surface area contributed by atoms with Gasteiger partial charge in [-0.1, -0.05) is 29.8 Å². The molecule has 1 unspecified atom stereocenters. The lowest BCUT2D eigenvalue weighted by Gasteiger charge is -2.18. The Morgan fingerprint density at radius 3 is 2.82 bits per heavy atom. The Bertz CT molecular complexity index is 1220. The molecule has 1 aliphatic rings. The summed E-state index contributed by atoms with van der Waals surface area (Å²) in [7, 11) is 1.34. The van der Waals surface area contributed by atoms with E-state index in [9.17, 15) is 14.4 Å². The Kier molecular flexibility index (Phi) is 7.49. The summed E-state index contributed by atoms with van der Waals surface area (Å²) in [5.41, 5.74) is 3.09. The lowest BCUT2D eigenvalue weighted by molar-refractivity contribution is -0.141. The molecule has 4 rings (SSSR count). The van der Waals surface area contributed by atoms with Crippen molar-refractivity contribution in [2.45, 2.75) is 50.8 Å². The average Bonchev–Trinajstić information content (AvgIpc) is 3.37. The number of fused-ring (bicyclic) bond motifs is 3. The summed E-state index contributed by atoms with van der Waals surface area (Å²) >= 11 is 3.17. The highest BCUT2D eigenvalue weighted by Gasteiger charge is 2.21. The van der Waals surface area contributed by atoms with Gasteiger partial charge in [0.25, 0.3) is 5.56 Å². The van der Waals surface area contributed by atoms with Crippen LogP contribution in [0.1, 0.15) is 52.7 Å². The molecule has 33 heavy (non-hydrogen) atoms. The number of carbonyl (C=O) groups is 2. The van der Waals surface area contributed by atoms with Gasteiger partial charge < -0.3 is 15.0 Å². The molecule has 0 radical (unpaired) electrons. The van der Waals surface area contributed by atoms with Crippen LogP contribution in [0.3, 0.4) is 0 Å². The second-order valence-corrected chi connectivity index (χ2v) is 10.4. The smallest absolute Gasteiger partial charge is 0.307 e. The molecule has 7 nitrogen and oxygen atoms in total. The maximum atomic E-state index is 12.6. The predicted octanol–water partition coefficient (Wildman–Crippen LogP) is 3.83. The van der Waals surface area contributed by atoms with E-state index in [1.54, 1.807) is 23.1 Å². The monoisotopic (exact) mass is 485 g/mol. The molecule has 0 saturated heterocycles. The summed E-state index contributed by atoms with van der Waals surface area (Å²) in [4.78, 5) is 46.6. The molecule has 0 fully saturated rings. The van der Waals surface area contributed by atoms with Crippen LogP contribution in [0.15, 0.2) is 29.1 Å². The summed E-state index contributed by atoms with van der Waals surface area (Å²) in [5, 5.41) is 3.70. The number of thioether (sulfide) groups is 1. The molecule has 1 aromatic carbocycles. The van der Waals surface area contributed by atoms with E-state index in [-0.39, 0.29) is 23.9 Å².